The minimum atomic E-state index is -0.156. The number of methoxy groups -OCH3 is 1. The van der Waals surface area contributed by atoms with Crippen molar-refractivity contribution in [1.82, 2.24) is 10.6 Å². The zero-order valence-electron chi connectivity index (χ0n) is 18.0. The third-order valence-corrected chi connectivity index (χ3v) is 5.23. The van der Waals surface area contributed by atoms with Gasteiger partial charge in [0.2, 0.25) is 0 Å². The van der Waals surface area contributed by atoms with Gasteiger partial charge in [-0.15, -0.1) is 24.0 Å². The van der Waals surface area contributed by atoms with E-state index in [1.807, 2.05) is 37.3 Å². The van der Waals surface area contributed by atoms with Gasteiger partial charge in [0, 0.05) is 18.5 Å². The molecule has 8 heteroatoms. The van der Waals surface area contributed by atoms with Crippen LogP contribution in [0.15, 0.2) is 47.5 Å². The number of halogens is 2. The van der Waals surface area contributed by atoms with E-state index in [1.54, 1.807) is 13.2 Å². The second-order valence-electron chi connectivity index (χ2n) is 7.37. The van der Waals surface area contributed by atoms with Crippen molar-refractivity contribution in [2.24, 2.45) is 4.99 Å². The Morgan fingerprint density at radius 2 is 1.94 bits per heavy atom. The van der Waals surface area contributed by atoms with E-state index < -0.39 is 0 Å². The number of hydrogen-bond acceptors (Lipinski definition) is 4. The van der Waals surface area contributed by atoms with Crippen molar-refractivity contribution in [3.8, 4) is 11.5 Å². The van der Waals surface area contributed by atoms with E-state index in [1.165, 1.54) is 6.07 Å². The van der Waals surface area contributed by atoms with Gasteiger partial charge in [-0.05, 0) is 49.1 Å². The lowest BCUT2D eigenvalue weighted by atomic mass is 9.95. The van der Waals surface area contributed by atoms with E-state index in [2.05, 4.69) is 15.6 Å². The molecule has 0 heterocycles. The molecular formula is C23H31FIN3O3. The lowest BCUT2D eigenvalue weighted by Crippen LogP contribution is -2.41. The summed E-state index contributed by atoms with van der Waals surface area (Å²) in [6.07, 6.45) is 1.93. The van der Waals surface area contributed by atoms with Crippen molar-refractivity contribution in [2.45, 2.75) is 31.7 Å². The lowest BCUT2D eigenvalue weighted by molar-refractivity contribution is 0.196. The molecule has 0 spiro atoms. The van der Waals surface area contributed by atoms with Gasteiger partial charge in [0.25, 0.3) is 0 Å². The zero-order chi connectivity index (χ0) is 21.4. The second-order valence-corrected chi connectivity index (χ2v) is 7.37. The highest BCUT2D eigenvalue weighted by molar-refractivity contribution is 14.0. The van der Waals surface area contributed by atoms with Gasteiger partial charge in [0.1, 0.15) is 12.4 Å². The Bertz CT molecular complexity index is 875. The van der Waals surface area contributed by atoms with Gasteiger partial charge in [0.05, 0.1) is 20.3 Å². The maximum atomic E-state index is 14.2. The normalized spacial score (nSPS) is 14.4. The Hall–Kier alpha value is -2.07. The Morgan fingerprint density at radius 1 is 1.16 bits per heavy atom. The van der Waals surface area contributed by atoms with Crippen LogP contribution in [0.2, 0.25) is 0 Å². The van der Waals surface area contributed by atoms with Crippen LogP contribution in [-0.2, 0) is 12.0 Å². The van der Waals surface area contributed by atoms with E-state index in [9.17, 15) is 4.39 Å². The maximum absolute atomic E-state index is 14.2. The van der Waals surface area contributed by atoms with Crippen molar-refractivity contribution in [3.05, 3.63) is 59.4 Å². The Balaban J connectivity index is 0.00000341. The first-order chi connectivity index (χ1) is 14.6. The molecule has 170 valence electrons. The van der Waals surface area contributed by atoms with Crippen molar-refractivity contribution in [1.29, 1.82) is 0 Å². The molecule has 0 atom stereocenters. The van der Waals surface area contributed by atoms with Crippen LogP contribution in [0.25, 0.3) is 0 Å². The summed E-state index contributed by atoms with van der Waals surface area (Å²) in [6.45, 7) is 4.00. The highest BCUT2D eigenvalue weighted by Crippen LogP contribution is 2.48. The summed E-state index contributed by atoms with van der Waals surface area (Å²) >= 11 is 0. The first-order valence-corrected chi connectivity index (χ1v) is 10.3. The van der Waals surface area contributed by atoms with Gasteiger partial charge in [0.15, 0.2) is 17.5 Å². The van der Waals surface area contributed by atoms with Gasteiger partial charge in [-0.1, -0.05) is 24.3 Å². The number of nitrogens with zero attached hydrogens (tertiary/aromatic N) is 1. The molecule has 3 rings (SSSR count). The van der Waals surface area contributed by atoms with Gasteiger partial charge in [-0.2, -0.15) is 0 Å². The van der Waals surface area contributed by atoms with Crippen molar-refractivity contribution < 1.29 is 19.0 Å². The summed E-state index contributed by atoms with van der Waals surface area (Å²) in [7, 11) is 1.58. The van der Waals surface area contributed by atoms with Crippen molar-refractivity contribution in [3.63, 3.8) is 0 Å². The molecule has 1 saturated carbocycles. The molecule has 3 N–H and O–H groups in total. The predicted molar refractivity (Wildman–Crippen MR) is 131 cm³/mol. The van der Waals surface area contributed by atoms with Gasteiger partial charge in [-0.3, -0.25) is 0 Å². The Kier molecular flexibility index (Phi) is 9.83. The number of rotatable bonds is 10. The van der Waals surface area contributed by atoms with E-state index in [0.717, 1.165) is 30.5 Å². The number of ether oxygens (including phenoxy) is 2. The number of aliphatic hydroxyl groups excluding tert-OH is 1. The Labute approximate surface area is 200 Å². The van der Waals surface area contributed by atoms with Gasteiger partial charge in [-0.25, -0.2) is 9.38 Å². The van der Waals surface area contributed by atoms with E-state index in [-0.39, 0.29) is 48.4 Å². The molecule has 0 aromatic heterocycles. The third kappa shape index (κ3) is 6.70. The molecule has 2 aromatic rings. The molecule has 6 nitrogen and oxygen atoms in total. The molecule has 1 aliphatic carbocycles. The number of guanidine groups is 1. The molecule has 0 bridgehead atoms. The number of aliphatic hydroxyl groups is 1. The third-order valence-electron chi connectivity index (χ3n) is 5.23. The van der Waals surface area contributed by atoms with Gasteiger partial charge >= 0.3 is 0 Å². The molecule has 2 aromatic carbocycles. The fourth-order valence-corrected chi connectivity index (χ4v) is 3.43. The summed E-state index contributed by atoms with van der Waals surface area (Å²) in [6, 6.07) is 12.6. The van der Waals surface area contributed by atoms with Crippen LogP contribution < -0.4 is 20.1 Å². The summed E-state index contributed by atoms with van der Waals surface area (Å²) in [5.74, 6) is 1.74. The molecule has 0 aliphatic heterocycles. The van der Waals surface area contributed by atoms with E-state index in [4.69, 9.17) is 14.6 Å². The lowest BCUT2D eigenvalue weighted by Gasteiger charge is -2.19. The van der Waals surface area contributed by atoms with Crippen LogP contribution in [0.4, 0.5) is 4.39 Å². The first kappa shape index (κ1) is 25.2. The highest BCUT2D eigenvalue weighted by atomic mass is 127. The smallest absolute Gasteiger partial charge is 0.191 e. The summed E-state index contributed by atoms with van der Waals surface area (Å²) in [5.41, 5.74) is 1.59. The van der Waals surface area contributed by atoms with Crippen LogP contribution in [0, 0.1) is 5.82 Å². The van der Waals surface area contributed by atoms with Crippen molar-refractivity contribution in [2.75, 3.05) is 33.4 Å². The maximum Gasteiger partial charge on any atom is 0.191 e. The summed E-state index contributed by atoms with van der Waals surface area (Å²) in [4.78, 5) is 4.66. The molecule has 0 amide bonds. The molecule has 0 saturated heterocycles. The van der Waals surface area contributed by atoms with Crippen LogP contribution in [0.3, 0.4) is 0 Å². The topological polar surface area (TPSA) is 75.1 Å². The SMILES string of the molecule is CCNC(=NCc1ccc(OCCO)c(OC)c1)NCC1(c2ccccc2F)CC1.I. The minimum Gasteiger partial charge on any atom is -0.493 e. The van der Waals surface area contributed by atoms with E-state index in [0.29, 0.717) is 30.5 Å². The molecule has 0 radical (unpaired) electrons. The van der Waals surface area contributed by atoms with Crippen LogP contribution >= 0.6 is 24.0 Å². The standard InChI is InChI=1S/C23H30FN3O3.HI/c1-3-25-22(27-16-23(10-11-23)18-6-4-5-7-19(18)24)26-15-17-8-9-20(30-13-12-28)21(14-17)29-2;/h4-9,14,28H,3,10-13,15-16H2,1-2H3,(H2,25,26,27);1H. The molecule has 31 heavy (non-hydrogen) atoms. The largest absolute Gasteiger partial charge is 0.493 e. The first-order valence-electron chi connectivity index (χ1n) is 10.3. The summed E-state index contributed by atoms with van der Waals surface area (Å²) in [5, 5.41) is 15.5. The average molecular weight is 543 g/mol. The second kappa shape index (κ2) is 12.1. The number of nitrogens with one attached hydrogen (secondary N) is 2. The monoisotopic (exact) mass is 543 g/mol. The zero-order valence-corrected chi connectivity index (χ0v) is 20.3. The van der Waals surface area contributed by atoms with Crippen LogP contribution in [-0.4, -0.2) is 44.5 Å². The fourth-order valence-electron chi connectivity index (χ4n) is 3.43. The van der Waals surface area contributed by atoms with Crippen molar-refractivity contribution >= 4 is 29.9 Å². The molecule has 1 aliphatic rings. The van der Waals surface area contributed by atoms with E-state index >= 15 is 0 Å². The minimum absolute atomic E-state index is 0. The van der Waals surface area contributed by atoms with Gasteiger partial charge < -0.3 is 25.2 Å². The number of hydrogen-bond donors (Lipinski definition) is 3. The fraction of sp³-hybridized carbons (Fsp3) is 0.435. The molecule has 0 unspecified atom stereocenters. The molecule has 1 fully saturated rings. The van der Waals surface area contributed by atoms with Crippen LogP contribution in [0.1, 0.15) is 30.9 Å². The quantitative estimate of drug-likeness (QED) is 0.243. The average Bonchev–Trinajstić information content (AvgIpc) is 3.55. The molecular weight excluding hydrogens is 512 g/mol. The summed E-state index contributed by atoms with van der Waals surface area (Å²) < 4.78 is 25.1. The Morgan fingerprint density at radius 3 is 2.58 bits per heavy atom. The number of benzene rings is 2. The highest BCUT2D eigenvalue weighted by Gasteiger charge is 2.45. The predicted octanol–water partition coefficient (Wildman–Crippen LogP) is 3.61. The van der Waals surface area contributed by atoms with Crippen LogP contribution in [0.5, 0.6) is 11.5 Å². The number of aliphatic imine (C=N–C) groups is 1.